The Kier molecular flexibility index (Phi) is 4.77. The zero-order chi connectivity index (χ0) is 17.2. The summed E-state index contributed by atoms with van der Waals surface area (Å²) in [6.45, 7) is 4.04. The second kappa shape index (κ2) is 7.18. The van der Waals surface area contributed by atoms with E-state index in [1.165, 1.54) is 11.1 Å². The molecule has 0 amide bonds. The molecule has 6 heteroatoms. The maximum atomic E-state index is 6.41. The number of anilines is 2. The second-order valence-electron chi connectivity index (χ2n) is 6.88. The average Bonchev–Trinajstić information content (AvgIpc) is 2.90. The van der Waals surface area contributed by atoms with E-state index in [1.54, 1.807) is 0 Å². The molecular weight excluding hydrogens is 334 g/mol. The minimum Gasteiger partial charge on any atom is -0.368 e. The molecule has 1 aromatic carbocycles. The van der Waals surface area contributed by atoms with E-state index in [9.17, 15) is 0 Å². The number of aromatic nitrogens is 2. The van der Waals surface area contributed by atoms with Gasteiger partial charge in [-0.15, -0.1) is 0 Å². The minimum atomic E-state index is 0.380. The lowest BCUT2D eigenvalue weighted by molar-refractivity contribution is 0.569. The van der Waals surface area contributed by atoms with Crippen molar-refractivity contribution < 1.29 is 0 Å². The van der Waals surface area contributed by atoms with Crippen LogP contribution in [-0.2, 0) is 12.8 Å². The highest BCUT2D eigenvalue weighted by molar-refractivity contribution is 6.31. The van der Waals surface area contributed by atoms with Crippen molar-refractivity contribution >= 4 is 23.4 Å². The fourth-order valence-electron chi connectivity index (χ4n) is 4.01. The standard InChI is InChI=1S/C19H24ClN5/c20-16-5-2-1-4-14(16)13-6-7-15-17(12-13)23-19(21)24-18(15)25-10-3-8-22-9-11-25/h1-2,4-5,13,22H,3,6-12H2,(H2,21,23,24). The van der Waals surface area contributed by atoms with Crippen molar-refractivity contribution in [2.75, 3.05) is 36.8 Å². The average molecular weight is 358 g/mol. The summed E-state index contributed by atoms with van der Waals surface area (Å²) in [6.07, 6.45) is 4.06. The number of fused-ring (bicyclic) bond motifs is 1. The molecule has 1 unspecified atom stereocenters. The zero-order valence-corrected chi connectivity index (χ0v) is 15.1. The molecule has 2 aromatic rings. The van der Waals surface area contributed by atoms with Crippen molar-refractivity contribution in [1.82, 2.24) is 15.3 Å². The van der Waals surface area contributed by atoms with E-state index >= 15 is 0 Å². The summed E-state index contributed by atoms with van der Waals surface area (Å²) in [7, 11) is 0. The molecule has 5 nitrogen and oxygen atoms in total. The van der Waals surface area contributed by atoms with E-state index in [0.717, 1.165) is 68.4 Å². The number of benzene rings is 1. The molecule has 1 aromatic heterocycles. The molecular formula is C19H24ClN5. The molecule has 0 bridgehead atoms. The van der Waals surface area contributed by atoms with Crippen molar-refractivity contribution in [3.05, 3.63) is 46.1 Å². The second-order valence-corrected chi connectivity index (χ2v) is 7.29. The summed E-state index contributed by atoms with van der Waals surface area (Å²) in [6, 6.07) is 8.13. The number of nitrogens with one attached hydrogen (secondary N) is 1. The highest BCUT2D eigenvalue weighted by atomic mass is 35.5. The van der Waals surface area contributed by atoms with Gasteiger partial charge in [-0.1, -0.05) is 29.8 Å². The predicted octanol–water partition coefficient (Wildman–Crippen LogP) is 2.78. The van der Waals surface area contributed by atoms with E-state index in [0.29, 0.717) is 11.9 Å². The molecule has 2 aliphatic rings. The maximum Gasteiger partial charge on any atom is 0.222 e. The van der Waals surface area contributed by atoms with Crippen LogP contribution in [0.1, 0.15) is 35.6 Å². The van der Waals surface area contributed by atoms with Crippen LogP contribution in [-0.4, -0.2) is 36.1 Å². The first-order valence-corrected chi connectivity index (χ1v) is 9.45. The molecule has 0 saturated carbocycles. The molecule has 132 valence electrons. The van der Waals surface area contributed by atoms with Crippen LogP contribution in [0.5, 0.6) is 0 Å². The third-order valence-corrected chi connectivity index (χ3v) is 5.60. The Morgan fingerprint density at radius 3 is 2.92 bits per heavy atom. The summed E-state index contributed by atoms with van der Waals surface area (Å²) in [5, 5.41) is 4.29. The van der Waals surface area contributed by atoms with Crippen LogP contribution in [0.25, 0.3) is 0 Å². The molecule has 0 radical (unpaired) electrons. The first kappa shape index (κ1) is 16.6. The van der Waals surface area contributed by atoms with E-state index in [2.05, 4.69) is 32.3 Å². The topological polar surface area (TPSA) is 67.1 Å². The Morgan fingerprint density at radius 1 is 1.16 bits per heavy atom. The molecule has 1 saturated heterocycles. The lowest BCUT2D eigenvalue weighted by Gasteiger charge is -2.30. The normalized spacial score (nSPS) is 20.8. The lowest BCUT2D eigenvalue weighted by atomic mass is 9.82. The van der Waals surface area contributed by atoms with Gasteiger partial charge >= 0.3 is 0 Å². The molecule has 1 aliphatic carbocycles. The first-order chi connectivity index (χ1) is 12.2. The molecule has 1 fully saturated rings. The van der Waals surface area contributed by atoms with E-state index in [4.69, 9.17) is 17.3 Å². The van der Waals surface area contributed by atoms with E-state index < -0.39 is 0 Å². The van der Waals surface area contributed by atoms with Crippen molar-refractivity contribution in [3.8, 4) is 0 Å². The minimum absolute atomic E-state index is 0.380. The molecule has 25 heavy (non-hydrogen) atoms. The van der Waals surface area contributed by atoms with Gasteiger partial charge in [0.15, 0.2) is 0 Å². The smallest absolute Gasteiger partial charge is 0.222 e. The third kappa shape index (κ3) is 3.44. The van der Waals surface area contributed by atoms with Gasteiger partial charge in [-0.3, -0.25) is 0 Å². The molecule has 2 heterocycles. The van der Waals surface area contributed by atoms with Gasteiger partial charge in [-0.05, 0) is 49.8 Å². The summed E-state index contributed by atoms with van der Waals surface area (Å²) in [5.41, 5.74) is 9.64. The van der Waals surface area contributed by atoms with Crippen molar-refractivity contribution in [2.45, 2.75) is 31.6 Å². The van der Waals surface area contributed by atoms with Gasteiger partial charge in [0.1, 0.15) is 5.82 Å². The molecule has 3 N–H and O–H groups in total. The van der Waals surface area contributed by atoms with Gasteiger partial charge in [0.05, 0.1) is 5.69 Å². The Labute approximate surface area is 153 Å². The van der Waals surface area contributed by atoms with Crippen LogP contribution in [0, 0.1) is 0 Å². The highest BCUT2D eigenvalue weighted by Crippen LogP contribution is 2.38. The zero-order valence-electron chi connectivity index (χ0n) is 14.3. The van der Waals surface area contributed by atoms with Crippen LogP contribution < -0.4 is 16.0 Å². The number of rotatable bonds is 2. The first-order valence-electron chi connectivity index (χ1n) is 9.07. The Morgan fingerprint density at radius 2 is 2.04 bits per heavy atom. The van der Waals surface area contributed by atoms with Gasteiger partial charge in [0.2, 0.25) is 5.95 Å². The number of nitrogen functional groups attached to an aromatic ring is 1. The van der Waals surface area contributed by atoms with Crippen LogP contribution >= 0.6 is 11.6 Å². The largest absolute Gasteiger partial charge is 0.368 e. The number of hydrogen-bond acceptors (Lipinski definition) is 5. The lowest BCUT2D eigenvalue weighted by Crippen LogP contribution is -2.31. The summed E-state index contributed by atoms with van der Waals surface area (Å²) in [5.74, 6) is 1.82. The van der Waals surface area contributed by atoms with Gasteiger partial charge < -0.3 is 16.0 Å². The van der Waals surface area contributed by atoms with Crippen LogP contribution in [0.2, 0.25) is 5.02 Å². The van der Waals surface area contributed by atoms with Crippen LogP contribution in [0.15, 0.2) is 24.3 Å². The fraction of sp³-hybridized carbons (Fsp3) is 0.474. The number of nitrogens with two attached hydrogens (primary N) is 1. The van der Waals surface area contributed by atoms with E-state index in [-0.39, 0.29) is 0 Å². The quantitative estimate of drug-likeness (QED) is 0.865. The maximum absolute atomic E-state index is 6.41. The summed E-state index contributed by atoms with van der Waals surface area (Å²) >= 11 is 6.41. The number of nitrogens with zero attached hydrogens (tertiary/aromatic N) is 3. The van der Waals surface area contributed by atoms with Gasteiger partial charge in [0, 0.05) is 30.2 Å². The Hall–Kier alpha value is -1.85. The summed E-state index contributed by atoms with van der Waals surface area (Å²) in [4.78, 5) is 11.6. The fourth-order valence-corrected chi connectivity index (χ4v) is 4.30. The Balaban J connectivity index is 1.66. The molecule has 1 aliphatic heterocycles. The van der Waals surface area contributed by atoms with Crippen molar-refractivity contribution in [3.63, 3.8) is 0 Å². The SMILES string of the molecule is Nc1nc2c(c(N3CCCNCC3)n1)CCC(c1ccccc1Cl)C2. The Bertz CT molecular complexity index is 755. The van der Waals surface area contributed by atoms with Crippen LogP contribution in [0.3, 0.4) is 0 Å². The third-order valence-electron chi connectivity index (χ3n) is 5.26. The van der Waals surface area contributed by atoms with Crippen molar-refractivity contribution in [1.29, 1.82) is 0 Å². The van der Waals surface area contributed by atoms with Gasteiger partial charge in [0.25, 0.3) is 0 Å². The predicted molar refractivity (Wildman–Crippen MR) is 102 cm³/mol. The highest BCUT2D eigenvalue weighted by Gasteiger charge is 2.27. The van der Waals surface area contributed by atoms with Crippen LogP contribution in [0.4, 0.5) is 11.8 Å². The monoisotopic (exact) mass is 357 g/mol. The van der Waals surface area contributed by atoms with E-state index in [1.807, 2.05) is 12.1 Å². The molecule has 1 atom stereocenters. The summed E-state index contributed by atoms with van der Waals surface area (Å²) < 4.78 is 0. The molecule has 0 spiro atoms. The van der Waals surface area contributed by atoms with Gasteiger partial charge in [-0.2, -0.15) is 4.98 Å². The molecule has 4 rings (SSSR count). The number of hydrogen-bond donors (Lipinski definition) is 2. The van der Waals surface area contributed by atoms with Gasteiger partial charge in [-0.25, -0.2) is 4.98 Å². The van der Waals surface area contributed by atoms with Crippen molar-refractivity contribution in [2.24, 2.45) is 0 Å². The number of halogens is 1.